The van der Waals surface area contributed by atoms with Crippen molar-refractivity contribution in [3.63, 3.8) is 0 Å². The van der Waals surface area contributed by atoms with Gasteiger partial charge >= 0.3 is 5.69 Å². The SMILES string of the molecule is Cn1c(=O)n2c3c4c(c(-c5ccc(N6CCCC6)nc5)c(F)cc4ncc31)OC1COCC12. The fourth-order valence-corrected chi connectivity index (χ4v) is 5.50. The zero-order valence-electron chi connectivity index (χ0n) is 18.1. The van der Waals surface area contributed by atoms with E-state index in [2.05, 4.69) is 14.9 Å². The first-order valence-corrected chi connectivity index (χ1v) is 11.3. The Morgan fingerprint density at radius 3 is 2.76 bits per heavy atom. The number of hydrogen-bond donors (Lipinski definition) is 0. The standard InChI is InChI=1S/C24H22FN5O3/c1-28-16-10-26-15-8-14(25)20(13-4-5-19(27-9-13)29-6-2-3-7-29)23-21(15)22(16)30(24(28)31)17-11-32-12-18(17)33-23/h4-5,8-10,17-18H,2-3,6-7,11-12H2,1H3. The van der Waals surface area contributed by atoms with E-state index in [0.29, 0.717) is 52.0 Å². The van der Waals surface area contributed by atoms with Crippen LogP contribution in [0.3, 0.4) is 0 Å². The third-order valence-corrected chi connectivity index (χ3v) is 7.18. The first-order chi connectivity index (χ1) is 16.1. The van der Waals surface area contributed by atoms with Crippen LogP contribution in [-0.4, -0.2) is 51.5 Å². The number of rotatable bonds is 2. The predicted molar refractivity (Wildman–Crippen MR) is 121 cm³/mol. The van der Waals surface area contributed by atoms with E-state index in [1.165, 1.54) is 6.07 Å². The van der Waals surface area contributed by atoms with Crippen LogP contribution in [-0.2, 0) is 11.8 Å². The highest BCUT2D eigenvalue weighted by atomic mass is 19.1. The molecule has 0 amide bonds. The minimum Gasteiger partial charge on any atom is -0.484 e. The summed E-state index contributed by atoms with van der Waals surface area (Å²) in [6.45, 7) is 2.68. The van der Waals surface area contributed by atoms with Gasteiger partial charge in [0.05, 0.1) is 46.9 Å². The highest BCUT2D eigenvalue weighted by Gasteiger charge is 2.39. The second-order valence-corrected chi connectivity index (χ2v) is 9.02. The van der Waals surface area contributed by atoms with Crippen molar-refractivity contribution in [3.05, 3.63) is 46.9 Å². The van der Waals surface area contributed by atoms with Crippen LogP contribution in [0.4, 0.5) is 10.2 Å². The van der Waals surface area contributed by atoms with Gasteiger partial charge in [0.15, 0.2) is 0 Å². The summed E-state index contributed by atoms with van der Waals surface area (Å²) in [6, 6.07) is 4.96. The molecule has 4 aromatic rings. The number of pyridine rings is 2. The van der Waals surface area contributed by atoms with E-state index in [0.717, 1.165) is 31.7 Å². The van der Waals surface area contributed by atoms with Crippen LogP contribution in [0.2, 0.25) is 0 Å². The van der Waals surface area contributed by atoms with Crippen molar-refractivity contribution in [3.8, 4) is 16.9 Å². The molecule has 0 bridgehead atoms. The number of anilines is 1. The average molecular weight is 447 g/mol. The van der Waals surface area contributed by atoms with Gasteiger partial charge in [-0.15, -0.1) is 0 Å². The van der Waals surface area contributed by atoms with Crippen molar-refractivity contribution in [2.24, 2.45) is 7.05 Å². The molecule has 8 nitrogen and oxygen atoms in total. The number of halogens is 1. The second kappa shape index (κ2) is 6.77. The highest BCUT2D eigenvalue weighted by molar-refractivity contribution is 6.09. The Morgan fingerprint density at radius 1 is 1.12 bits per heavy atom. The number of fused-ring (bicyclic) bond motifs is 2. The Labute approximate surface area is 188 Å². The molecule has 0 aliphatic carbocycles. The molecular weight excluding hydrogens is 425 g/mol. The topological polar surface area (TPSA) is 74.4 Å². The van der Waals surface area contributed by atoms with E-state index in [-0.39, 0.29) is 11.7 Å². The molecule has 2 unspecified atom stereocenters. The summed E-state index contributed by atoms with van der Waals surface area (Å²) in [4.78, 5) is 24.5. The molecule has 1 aromatic carbocycles. The summed E-state index contributed by atoms with van der Waals surface area (Å²) >= 11 is 0. The molecule has 168 valence electrons. The number of benzene rings is 1. The van der Waals surface area contributed by atoms with E-state index in [4.69, 9.17) is 9.47 Å². The van der Waals surface area contributed by atoms with Crippen molar-refractivity contribution in [2.75, 3.05) is 31.2 Å². The maximum atomic E-state index is 15.6. The molecular formula is C24H22FN5O3. The monoisotopic (exact) mass is 447 g/mol. The van der Waals surface area contributed by atoms with Crippen molar-refractivity contribution in [1.29, 1.82) is 0 Å². The smallest absolute Gasteiger partial charge is 0.329 e. The van der Waals surface area contributed by atoms with Gasteiger partial charge in [-0.25, -0.2) is 14.2 Å². The van der Waals surface area contributed by atoms with Crippen molar-refractivity contribution in [2.45, 2.75) is 25.0 Å². The maximum absolute atomic E-state index is 15.6. The Kier molecular flexibility index (Phi) is 3.91. The third kappa shape index (κ3) is 2.56. The number of imidazole rings is 1. The van der Waals surface area contributed by atoms with Crippen LogP contribution in [0, 0.1) is 5.82 Å². The Hall–Kier alpha value is -3.46. The van der Waals surface area contributed by atoms with Gasteiger partial charge in [-0.2, -0.15) is 0 Å². The number of aryl methyl sites for hydroxylation is 1. The third-order valence-electron chi connectivity index (χ3n) is 7.18. The van der Waals surface area contributed by atoms with Gasteiger partial charge in [0.2, 0.25) is 0 Å². The first-order valence-electron chi connectivity index (χ1n) is 11.3. The lowest BCUT2D eigenvalue weighted by Gasteiger charge is -2.20. The molecule has 3 aliphatic heterocycles. The van der Waals surface area contributed by atoms with E-state index in [1.54, 1.807) is 28.6 Å². The zero-order chi connectivity index (χ0) is 22.3. The molecule has 6 heterocycles. The van der Waals surface area contributed by atoms with Gasteiger partial charge < -0.3 is 14.4 Å². The van der Waals surface area contributed by atoms with Crippen LogP contribution in [0.5, 0.6) is 5.75 Å². The highest BCUT2D eigenvalue weighted by Crippen LogP contribution is 2.45. The fraction of sp³-hybridized carbons (Fsp3) is 0.375. The zero-order valence-corrected chi connectivity index (χ0v) is 18.1. The Balaban J connectivity index is 1.52. The van der Waals surface area contributed by atoms with Crippen LogP contribution in [0.1, 0.15) is 18.9 Å². The number of hydrogen-bond acceptors (Lipinski definition) is 6. The van der Waals surface area contributed by atoms with E-state index in [9.17, 15) is 4.79 Å². The Bertz CT molecular complexity index is 1490. The molecule has 0 radical (unpaired) electrons. The molecule has 0 saturated carbocycles. The molecule has 2 atom stereocenters. The fourth-order valence-electron chi connectivity index (χ4n) is 5.50. The Morgan fingerprint density at radius 2 is 1.97 bits per heavy atom. The number of ether oxygens (including phenoxy) is 2. The van der Waals surface area contributed by atoms with Crippen LogP contribution >= 0.6 is 0 Å². The summed E-state index contributed by atoms with van der Waals surface area (Å²) in [7, 11) is 1.73. The largest absolute Gasteiger partial charge is 0.484 e. The van der Waals surface area contributed by atoms with Gasteiger partial charge in [0.1, 0.15) is 29.5 Å². The van der Waals surface area contributed by atoms with E-state index >= 15 is 4.39 Å². The molecule has 7 rings (SSSR count). The average Bonchev–Trinajstić information content (AvgIpc) is 3.54. The maximum Gasteiger partial charge on any atom is 0.329 e. The molecule has 0 N–H and O–H groups in total. The van der Waals surface area contributed by atoms with Gasteiger partial charge in [-0.3, -0.25) is 14.1 Å². The number of nitrogens with zero attached hydrogens (tertiary/aromatic N) is 5. The van der Waals surface area contributed by atoms with E-state index < -0.39 is 11.9 Å². The van der Waals surface area contributed by atoms with Crippen molar-refractivity contribution >= 4 is 27.8 Å². The molecule has 9 heteroatoms. The molecule has 0 spiro atoms. The summed E-state index contributed by atoms with van der Waals surface area (Å²) in [6.07, 6.45) is 5.25. The van der Waals surface area contributed by atoms with Crippen molar-refractivity contribution < 1.29 is 13.9 Å². The molecule has 2 saturated heterocycles. The summed E-state index contributed by atoms with van der Waals surface area (Å²) in [5.41, 5.74) is 2.67. The summed E-state index contributed by atoms with van der Waals surface area (Å²) in [5, 5.41) is 0.652. The second-order valence-electron chi connectivity index (χ2n) is 9.02. The number of aromatic nitrogens is 4. The lowest BCUT2D eigenvalue weighted by Crippen LogP contribution is -2.34. The van der Waals surface area contributed by atoms with Crippen LogP contribution in [0.25, 0.3) is 33.1 Å². The lowest BCUT2D eigenvalue weighted by atomic mass is 10.0. The predicted octanol–water partition coefficient (Wildman–Crippen LogP) is 3.02. The summed E-state index contributed by atoms with van der Waals surface area (Å²) < 4.78 is 31.0. The van der Waals surface area contributed by atoms with Gasteiger partial charge in [0.25, 0.3) is 0 Å². The van der Waals surface area contributed by atoms with Crippen molar-refractivity contribution in [1.82, 2.24) is 19.1 Å². The van der Waals surface area contributed by atoms with Crippen LogP contribution in [0.15, 0.2) is 35.4 Å². The minimum absolute atomic E-state index is 0.154. The van der Waals surface area contributed by atoms with E-state index in [1.807, 2.05) is 12.1 Å². The van der Waals surface area contributed by atoms with Gasteiger partial charge in [-0.1, -0.05) is 0 Å². The molecule has 2 fully saturated rings. The first kappa shape index (κ1) is 19.0. The van der Waals surface area contributed by atoms with Gasteiger partial charge in [0, 0.05) is 38.0 Å². The molecule has 33 heavy (non-hydrogen) atoms. The molecule has 3 aromatic heterocycles. The molecule has 3 aliphatic rings. The van der Waals surface area contributed by atoms with Gasteiger partial charge in [-0.05, 0) is 25.0 Å². The summed E-state index contributed by atoms with van der Waals surface area (Å²) in [5.74, 6) is 0.868. The minimum atomic E-state index is -0.428. The quantitative estimate of drug-likeness (QED) is 0.470. The normalized spacial score (nSPS) is 21.7. The lowest BCUT2D eigenvalue weighted by molar-refractivity contribution is 0.140. The van der Waals surface area contributed by atoms with Crippen LogP contribution < -0.4 is 15.3 Å².